The number of hydrogen-bond donors (Lipinski definition) is 1. The van der Waals surface area contributed by atoms with Gasteiger partial charge in [-0.15, -0.1) is 11.3 Å². The number of thiophene rings is 1. The van der Waals surface area contributed by atoms with E-state index in [2.05, 4.69) is 43.2 Å². The highest BCUT2D eigenvalue weighted by Crippen LogP contribution is 2.32. The molecule has 1 N–H and O–H groups in total. The van der Waals surface area contributed by atoms with Gasteiger partial charge in [-0.3, -0.25) is 0 Å². The Morgan fingerprint density at radius 3 is 2.53 bits per heavy atom. The van der Waals surface area contributed by atoms with E-state index in [1.807, 2.05) is 0 Å². The minimum atomic E-state index is -2.75. The van der Waals surface area contributed by atoms with Gasteiger partial charge in [0.2, 0.25) is 0 Å². The Labute approximate surface area is 122 Å². The van der Waals surface area contributed by atoms with E-state index in [-0.39, 0.29) is 0 Å². The van der Waals surface area contributed by atoms with Crippen molar-refractivity contribution in [1.82, 2.24) is 5.32 Å². The molecule has 0 unspecified atom stereocenters. The zero-order chi connectivity index (χ0) is 12.5. The third-order valence-corrected chi connectivity index (χ3v) is 7.79. The SMILES string of the molecule is O=S1(=O)CCC(NCc2cc(Br)c(Br)s2)CC1. The van der Waals surface area contributed by atoms with Crippen molar-refractivity contribution in [3.8, 4) is 0 Å². The molecule has 1 aliphatic rings. The Kier molecular flexibility index (Phi) is 4.68. The summed E-state index contributed by atoms with van der Waals surface area (Å²) in [6.45, 7) is 0.805. The smallest absolute Gasteiger partial charge is 0.150 e. The van der Waals surface area contributed by atoms with Crippen LogP contribution in [0.4, 0.5) is 0 Å². The summed E-state index contributed by atoms with van der Waals surface area (Å²) in [6.07, 6.45) is 1.46. The molecular formula is C10H13Br2NO2S2. The van der Waals surface area contributed by atoms with E-state index in [1.54, 1.807) is 11.3 Å². The van der Waals surface area contributed by atoms with Crippen molar-refractivity contribution >= 4 is 53.0 Å². The zero-order valence-corrected chi connectivity index (χ0v) is 13.9. The van der Waals surface area contributed by atoms with E-state index >= 15 is 0 Å². The summed E-state index contributed by atoms with van der Waals surface area (Å²) in [5, 5.41) is 3.42. The van der Waals surface area contributed by atoms with Crippen LogP contribution in [0.1, 0.15) is 17.7 Å². The van der Waals surface area contributed by atoms with Crippen molar-refractivity contribution < 1.29 is 8.42 Å². The van der Waals surface area contributed by atoms with Gasteiger partial charge in [-0.25, -0.2) is 8.42 Å². The number of rotatable bonds is 3. The van der Waals surface area contributed by atoms with Crippen molar-refractivity contribution in [2.45, 2.75) is 25.4 Å². The molecule has 0 atom stereocenters. The fraction of sp³-hybridized carbons (Fsp3) is 0.600. The molecule has 0 saturated carbocycles. The fourth-order valence-electron chi connectivity index (χ4n) is 1.82. The first kappa shape index (κ1) is 14.0. The summed E-state index contributed by atoms with van der Waals surface area (Å²) < 4.78 is 24.7. The molecule has 7 heteroatoms. The van der Waals surface area contributed by atoms with E-state index < -0.39 is 9.84 Å². The van der Waals surface area contributed by atoms with Crippen molar-refractivity contribution in [3.05, 3.63) is 19.2 Å². The second-order valence-corrected chi connectivity index (χ2v) is 9.75. The molecule has 0 spiro atoms. The molecule has 1 saturated heterocycles. The quantitative estimate of drug-likeness (QED) is 0.845. The number of nitrogens with one attached hydrogen (secondary N) is 1. The second-order valence-electron chi connectivity index (χ2n) is 4.14. The molecule has 96 valence electrons. The summed E-state index contributed by atoms with van der Waals surface area (Å²) in [6, 6.07) is 2.42. The van der Waals surface area contributed by atoms with Gasteiger partial charge in [0.15, 0.2) is 0 Å². The Balaban J connectivity index is 1.83. The van der Waals surface area contributed by atoms with Crippen molar-refractivity contribution in [2.24, 2.45) is 0 Å². The summed E-state index contributed by atoms with van der Waals surface area (Å²) in [5.41, 5.74) is 0. The van der Waals surface area contributed by atoms with Crippen LogP contribution >= 0.6 is 43.2 Å². The highest BCUT2D eigenvalue weighted by molar-refractivity contribution is 9.13. The van der Waals surface area contributed by atoms with E-state index in [4.69, 9.17) is 0 Å². The molecule has 3 nitrogen and oxygen atoms in total. The van der Waals surface area contributed by atoms with Crippen LogP contribution in [0.25, 0.3) is 0 Å². The molecule has 2 rings (SSSR count). The van der Waals surface area contributed by atoms with Gasteiger partial charge in [-0.05, 0) is 50.8 Å². The minimum absolute atomic E-state index is 0.322. The monoisotopic (exact) mass is 401 g/mol. The third kappa shape index (κ3) is 4.02. The molecule has 0 aromatic carbocycles. The van der Waals surface area contributed by atoms with Gasteiger partial charge in [0.25, 0.3) is 0 Å². The van der Waals surface area contributed by atoms with Gasteiger partial charge in [-0.1, -0.05) is 0 Å². The van der Waals surface area contributed by atoms with Crippen LogP contribution in [-0.2, 0) is 16.4 Å². The summed E-state index contributed by atoms with van der Waals surface area (Å²) >= 11 is 8.61. The summed E-state index contributed by atoms with van der Waals surface area (Å²) in [4.78, 5) is 1.25. The molecule has 2 heterocycles. The first-order valence-corrected chi connectivity index (χ1v) is 9.56. The first-order valence-electron chi connectivity index (χ1n) is 5.34. The molecule has 0 radical (unpaired) electrons. The van der Waals surface area contributed by atoms with Crippen LogP contribution in [-0.4, -0.2) is 26.0 Å². The number of halogens is 2. The van der Waals surface area contributed by atoms with Crippen LogP contribution in [0, 0.1) is 0 Å². The maximum Gasteiger partial charge on any atom is 0.150 e. The van der Waals surface area contributed by atoms with Crippen molar-refractivity contribution in [1.29, 1.82) is 0 Å². The zero-order valence-electron chi connectivity index (χ0n) is 9.08. The Morgan fingerprint density at radius 2 is 2.00 bits per heavy atom. The van der Waals surface area contributed by atoms with Gasteiger partial charge in [0, 0.05) is 21.9 Å². The lowest BCUT2D eigenvalue weighted by atomic mass is 10.1. The number of hydrogen-bond acceptors (Lipinski definition) is 4. The van der Waals surface area contributed by atoms with E-state index in [9.17, 15) is 8.42 Å². The van der Waals surface area contributed by atoms with Gasteiger partial charge in [0.05, 0.1) is 15.3 Å². The lowest BCUT2D eigenvalue weighted by Gasteiger charge is -2.22. The molecule has 1 aromatic heterocycles. The summed E-state index contributed by atoms with van der Waals surface area (Å²) in [5.74, 6) is 0.644. The van der Waals surface area contributed by atoms with E-state index in [1.165, 1.54) is 4.88 Å². The first-order chi connectivity index (χ1) is 7.96. The highest BCUT2D eigenvalue weighted by Gasteiger charge is 2.23. The standard InChI is InChI=1S/C10H13Br2NO2S2/c11-9-5-8(16-10(9)12)6-13-7-1-3-17(14,15)4-2-7/h5,7,13H,1-4,6H2. The molecule has 1 aromatic rings. The van der Waals surface area contributed by atoms with Gasteiger partial charge >= 0.3 is 0 Å². The van der Waals surface area contributed by atoms with Crippen molar-refractivity contribution in [2.75, 3.05) is 11.5 Å². The third-order valence-electron chi connectivity index (χ3n) is 2.82. The second kappa shape index (κ2) is 5.69. The highest BCUT2D eigenvalue weighted by atomic mass is 79.9. The summed E-state index contributed by atoms with van der Waals surface area (Å²) in [7, 11) is -2.75. The molecule has 0 aliphatic carbocycles. The predicted molar refractivity (Wildman–Crippen MR) is 78.2 cm³/mol. The van der Waals surface area contributed by atoms with E-state index in [0.29, 0.717) is 17.5 Å². The molecule has 1 fully saturated rings. The molecule has 1 aliphatic heterocycles. The lowest BCUT2D eigenvalue weighted by molar-refractivity contribution is 0.465. The topological polar surface area (TPSA) is 46.2 Å². The van der Waals surface area contributed by atoms with Crippen LogP contribution < -0.4 is 5.32 Å². The van der Waals surface area contributed by atoms with Crippen LogP contribution in [0.2, 0.25) is 0 Å². The van der Waals surface area contributed by atoms with Crippen molar-refractivity contribution in [3.63, 3.8) is 0 Å². The molecular weight excluding hydrogens is 390 g/mol. The largest absolute Gasteiger partial charge is 0.309 e. The van der Waals surface area contributed by atoms with Crippen LogP contribution in [0.15, 0.2) is 14.3 Å². The Hall–Kier alpha value is 0.570. The number of sulfone groups is 1. The fourth-order valence-corrected chi connectivity index (χ4v) is 5.44. The molecule has 0 amide bonds. The van der Waals surface area contributed by atoms with Gasteiger partial charge in [0.1, 0.15) is 9.84 Å². The van der Waals surface area contributed by atoms with Crippen LogP contribution in [0.5, 0.6) is 0 Å². The molecule has 17 heavy (non-hydrogen) atoms. The van der Waals surface area contributed by atoms with Crippen LogP contribution in [0.3, 0.4) is 0 Å². The normalized spacial score (nSPS) is 20.6. The van der Waals surface area contributed by atoms with E-state index in [0.717, 1.165) is 27.6 Å². The Bertz CT molecular complexity index is 465. The maximum atomic E-state index is 11.3. The average molecular weight is 403 g/mol. The van der Waals surface area contributed by atoms with Gasteiger partial charge in [-0.2, -0.15) is 0 Å². The maximum absolute atomic E-state index is 11.3. The molecule has 0 bridgehead atoms. The minimum Gasteiger partial charge on any atom is -0.309 e. The predicted octanol–water partition coefficient (Wildman–Crippen LogP) is 2.94. The lowest BCUT2D eigenvalue weighted by Crippen LogP contribution is -2.36. The Morgan fingerprint density at radius 1 is 1.35 bits per heavy atom. The average Bonchev–Trinajstić information content (AvgIpc) is 2.57. The van der Waals surface area contributed by atoms with Gasteiger partial charge < -0.3 is 5.32 Å².